The van der Waals surface area contributed by atoms with Crippen molar-refractivity contribution < 1.29 is 4.79 Å². The molecule has 122 valence electrons. The Morgan fingerprint density at radius 2 is 2.13 bits per heavy atom. The fourth-order valence-corrected chi connectivity index (χ4v) is 3.31. The van der Waals surface area contributed by atoms with E-state index in [1.54, 1.807) is 10.9 Å². The Kier molecular flexibility index (Phi) is 4.48. The van der Waals surface area contributed by atoms with Crippen LogP contribution in [0.15, 0.2) is 36.7 Å². The summed E-state index contributed by atoms with van der Waals surface area (Å²) in [5.41, 5.74) is 8.82. The summed E-state index contributed by atoms with van der Waals surface area (Å²) in [6.07, 6.45) is 6.63. The van der Waals surface area contributed by atoms with Gasteiger partial charge in [-0.25, -0.2) is 4.68 Å². The van der Waals surface area contributed by atoms with E-state index in [1.807, 2.05) is 49.2 Å². The van der Waals surface area contributed by atoms with Gasteiger partial charge in [-0.3, -0.25) is 4.79 Å². The Morgan fingerprint density at radius 1 is 1.35 bits per heavy atom. The summed E-state index contributed by atoms with van der Waals surface area (Å²) < 4.78 is 1.77. The number of piperidine rings is 1. The highest BCUT2D eigenvalue weighted by Gasteiger charge is 2.30. The summed E-state index contributed by atoms with van der Waals surface area (Å²) in [6, 6.07) is 8.12. The van der Waals surface area contributed by atoms with Gasteiger partial charge in [0.15, 0.2) is 0 Å². The molecule has 1 aliphatic heterocycles. The summed E-state index contributed by atoms with van der Waals surface area (Å²) in [7, 11) is 0. The van der Waals surface area contributed by atoms with Gasteiger partial charge in [0, 0.05) is 24.8 Å². The standard InChI is InChI=1S/C18H24N4O/c1-13-7-3-4-8-16(13)22-12-15(11-20-22)18(23)21-10-6-5-9-17(21)14(2)19/h3-4,7-8,11-12,14,17H,5-6,9-10,19H2,1-2H3/t14-,17-/m0/s1. The molecule has 1 aliphatic rings. The normalized spacial score (nSPS) is 19.6. The molecule has 2 heterocycles. The molecule has 0 aliphatic carbocycles. The lowest BCUT2D eigenvalue weighted by Gasteiger charge is -2.37. The lowest BCUT2D eigenvalue weighted by molar-refractivity contribution is 0.0584. The molecule has 0 spiro atoms. The van der Waals surface area contributed by atoms with Crippen LogP contribution in [0, 0.1) is 6.92 Å². The number of nitrogens with two attached hydrogens (primary N) is 1. The molecule has 23 heavy (non-hydrogen) atoms. The third-order valence-corrected chi connectivity index (χ3v) is 4.61. The highest BCUT2D eigenvalue weighted by Crippen LogP contribution is 2.22. The first-order chi connectivity index (χ1) is 11.1. The molecule has 1 saturated heterocycles. The lowest BCUT2D eigenvalue weighted by atomic mass is 9.96. The second-order valence-electron chi connectivity index (χ2n) is 6.38. The van der Waals surface area contributed by atoms with E-state index in [9.17, 15) is 4.79 Å². The number of benzene rings is 1. The predicted octanol–water partition coefficient (Wildman–Crippen LogP) is 2.52. The molecule has 1 amide bonds. The van der Waals surface area contributed by atoms with E-state index in [2.05, 4.69) is 5.10 Å². The first kappa shape index (κ1) is 15.7. The van der Waals surface area contributed by atoms with Gasteiger partial charge in [0.2, 0.25) is 0 Å². The maximum Gasteiger partial charge on any atom is 0.257 e. The van der Waals surface area contributed by atoms with Gasteiger partial charge in [-0.15, -0.1) is 0 Å². The average molecular weight is 312 g/mol. The van der Waals surface area contributed by atoms with E-state index in [-0.39, 0.29) is 18.0 Å². The van der Waals surface area contributed by atoms with Crippen LogP contribution >= 0.6 is 0 Å². The first-order valence-electron chi connectivity index (χ1n) is 8.25. The predicted molar refractivity (Wildman–Crippen MR) is 90.6 cm³/mol. The van der Waals surface area contributed by atoms with E-state index in [1.165, 1.54) is 0 Å². The summed E-state index contributed by atoms with van der Waals surface area (Å²) in [5.74, 6) is 0.0341. The number of para-hydroxylation sites is 1. The van der Waals surface area contributed by atoms with Gasteiger partial charge in [0.05, 0.1) is 17.4 Å². The number of hydrogen-bond acceptors (Lipinski definition) is 3. The van der Waals surface area contributed by atoms with Crippen molar-refractivity contribution in [3.63, 3.8) is 0 Å². The zero-order valence-corrected chi connectivity index (χ0v) is 13.8. The number of carbonyl (C=O) groups is 1. The number of carbonyl (C=O) groups excluding carboxylic acids is 1. The summed E-state index contributed by atoms with van der Waals surface area (Å²) in [4.78, 5) is 14.8. The second kappa shape index (κ2) is 6.54. The molecular weight excluding hydrogens is 288 g/mol. The third-order valence-electron chi connectivity index (χ3n) is 4.61. The Labute approximate surface area is 137 Å². The molecule has 0 radical (unpaired) electrons. The van der Waals surface area contributed by atoms with Crippen LogP contribution in [0.1, 0.15) is 42.1 Å². The monoisotopic (exact) mass is 312 g/mol. The van der Waals surface area contributed by atoms with Crippen molar-refractivity contribution in [1.29, 1.82) is 0 Å². The van der Waals surface area contributed by atoms with Gasteiger partial charge in [-0.05, 0) is 44.7 Å². The quantitative estimate of drug-likeness (QED) is 0.947. The molecule has 5 heteroatoms. The van der Waals surface area contributed by atoms with E-state index >= 15 is 0 Å². The van der Waals surface area contributed by atoms with Crippen molar-refractivity contribution in [2.45, 2.75) is 45.2 Å². The Hall–Kier alpha value is -2.14. The molecule has 2 N–H and O–H groups in total. The van der Waals surface area contributed by atoms with Crippen LogP contribution in [-0.4, -0.2) is 39.2 Å². The zero-order chi connectivity index (χ0) is 16.4. The van der Waals surface area contributed by atoms with E-state index < -0.39 is 0 Å². The topological polar surface area (TPSA) is 64.2 Å². The summed E-state index contributed by atoms with van der Waals surface area (Å²) in [6.45, 7) is 4.79. The number of aryl methyl sites for hydroxylation is 1. The number of aromatic nitrogens is 2. The Morgan fingerprint density at radius 3 is 2.87 bits per heavy atom. The second-order valence-corrected chi connectivity index (χ2v) is 6.38. The van der Waals surface area contributed by atoms with Crippen LogP contribution in [0.25, 0.3) is 5.69 Å². The van der Waals surface area contributed by atoms with Crippen LogP contribution in [0.2, 0.25) is 0 Å². The lowest BCUT2D eigenvalue weighted by Crippen LogP contribution is -2.51. The highest BCUT2D eigenvalue weighted by atomic mass is 16.2. The zero-order valence-electron chi connectivity index (χ0n) is 13.8. The molecule has 0 saturated carbocycles. The Bertz CT molecular complexity index is 692. The molecule has 1 fully saturated rings. The molecule has 2 atom stereocenters. The maximum absolute atomic E-state index is 12.9. The molecular formula is C18H24N4O. The van der Waals surface area contributed by atoms with Gasteiger partial charge < -0.3 is 10.6 Å². The largest absolute Gasteiger partial charge is 0.334 e. The molecule has 0 unspecified atom stereocenters. The number of hydrogen-bond donors (Lipinski definition) is 1. The maximum atomic E-state index is 12.9. The smallest absolute Gasteiger partial charge is 0.257 e. The van der Waals surface area contributed by atoms with E-state index in [0.717, 1.165) is 37.1 Å². The third kappa shape index (κ3) is 3.15. The van der Waals surface area contributed by atoms with Gasteiger partial charge in [-0.1, -0.05) is 18.2 Å². The van der Waals surface area contributed by atoms with Crippen molar-refractivity contribution >= 4 is 5.91 Å². The van der Waals surface area contributed by atoms with Crippen LogP contribution < -0.4 is 5.73 Å². The number of nitrogens with zero attached hydrogens (tertiary/aromatic N) is 3. The van der Waals surface area contributed by atoms with E-state index in [0.29, 0.717) is 5.56 Å². The number of amides is 1. The molecule has 3 rings (SSSR count). The van der Waals surface area contributed by atoms with Crippen molar-refractivity contribution in [3.8, 4) is 5.69 Å². The summed E-state index contributed by atoms with van der Waals surface area (Å²) >= 11 is 0. The minimum Gasteiger partial charge on any atom is -0.334 e. The Balaban J connectivity index is 1.85. The van der Waals surface area contributed by atoms with E-state index in [4.69, 9.17) is 5.73 Å². The van der Waals surface area contributed by atoms with Crippen LogP contribution in [0.4, 0.5) is 0 Å². The minimum atomic E-state index is -0.00865. The van der Waals surface area contributed by atoms with Crippen LogP contribution in [-0.2, 0) is 0 Å². The minimum absolute atomic E-state index is 0.00865. The molecule has 2 aromatic rings. The average Bonchev–Trinajstić information content (AvgIpc) is 3.04. The summed E-state index contributed by atoms with van der Waals surface area (Å²) in [5, 5.41) is 4.37. The first-order valence-corrected chi connectivity index (χ1v) is 8.25. The highest BCUT2D eigenvalue weighted by molar-refractivity contribution is 5.94. The van der Waals surface area contributed by atoms with Crippen molar-refractivity contribution in [2.75, 3.05) is 6.54 Å². The van der Waals surface area contributed by atoms with Crippen molar-refractivity contribution in [2.24, 2.45) is 5.73 Å². The molecule has 1 aromatic heterocycles. The fourth-order valence-electron chi connectivity index (χ4n) is 3.31. The number of likely N-dealkylation sites (tertiary alicyclic amines) is 1. The SMILES string of the molecule is Cc1ccccc1-n1cc(C(=O)N2CCCC[C@H]2[C@H](C)N)cn1. The van der Waals surface area contributed by atoms with Crippen LogP contribution in [0.3, 0.4) is 0 Å². The van der Waals surface area contributed by atoms with Gasteiger partial charge in [0.1, 0.15) is 0 Å². The molecule has 5 nitrogen and oxygen atoms in total. The number of rotatable bonds is 3. The molecule has 0 bridgehead atoms. The van der Waals surface area contributed by atoms with Crippen LogP contribution in [0.5, 0.6) is 0 Å². The fraction of sp³-hybridized carbons (Fsp3) is 0.444. The van der Waals surface area contributed by atoms with Crippen molar-refractivity contribution in [3.05, 3.63) is 47.8 Å². The van der Waals surface area contributed by atoms with Gasteiger partial charge >= 0.3 is 0 Å². The van der Waals surface area contributed by atoms with Gasteiger partial charge in [0.25, 0.3) is 5.91 Å². The van der Waals surface area contributed by atoms with Gasteiger partial charge in [-0.2, -0.15) is 5.10 Å². The molecule has 1 aromatic carbocycles. The van der Waals surface area contributed by atoms with Crippen molar-refractivity contribution in [1.82, 2.24) is 14.7 Å².